The van der Waals surface area contributed by atoms with Gasteiger partial charge in [-0.25, -0.2) is 13.4 Å². The molecule has 1 amide bonds. The van der Waals surface area contributed by atoms with Crippen molar-refractivity contribution in [1.29, 1.82) is 0 Å². The molecule has 0 radical (unpaired) electrons. The molecular formula is C26H34N4O3S. The van der Waals surface area contributed by atoms with Gasteiger partial charge in [-0.3, -0.25) is 4.79 Å². The van der Waals surface area contributed by atoms with Gasteiger partial charge in [-0.2, -0.15) is 4.31 Å². The Bertz CT molecular complexity index is 1260. The molecule has 3 aromatic rings. The predicted molar refractivity (Wildman–Crippen MR) is 134 cm³/mol. The molecular weight excluding hydrogens is 448 g/mol. The van der Waals surface area contributed by atoms with Crippen molar-refractivity contribution in [2.24, 2.45) is 7.05 Å². The number of fused-ring (bicyclic) bond motifs is 1. The molecule has 34 heavy (non-hydrogen) atoms. The summed E-state index contributed by atoms with van der Waals surface area (Å²) in [6, 6.07) is 13.4. The summed E-state index contributed by atoms with van der Waals surface area (Å²) in [6.45, 7) is 5.25. The van der Waals surface area contributed by atoms with Crippen molar-refractivity contribution in [3.63, 3.8) is 0 Å². The SMILES string of the molecule is CCc1ccc(C(C)NC(=O)CCc2nc3cc(S(=O)(=O)N4CCCCC4)ccc3n2C)cc1. The van der Waals surface area contributed by atoms with Crippen LogP contribution in [0.25, 0.3) is 11.0 Å². The molecule has 1 saturated heterocycles. The second-order valence-electron chi connectivity index (χ2n) is 9.09. The lowest BCUT2D eigenvalue weighted by atomic mass is 10.0. The van der Waals surface area contributed by atoms with E-state index in [-0.39, 0.29) is 16.8 Å². The smallest absolute Gasteiger partial charge is 0.243 e. The van der Waals surface area contributed by atoms with Crippen LogP contribution < -0.4 is 5.32 Å². The Morgan fingerprint density at radius 2 is 1.79 bits per heavy atom. The van der Waals surface area contributed by atoms with Crippen LogP contribution in [0.4, 0.5) is 0 Å². The highest BCUT2D eigenvalue weighted by Crippen LogP contribution is 2.25. The first kappa shape index (κ1) is 24.4. The first-order chi connectivity index (χ1) is 16.3. The molecule has 2 heterocycles. The van der Waals surface area contributed by atoms with Crippen LogP contribution in [0.1, 0.15) is 62.5 Å². The number of carbonyl (C=O) groups is 1. The van der Waals surface area contributed by atoms with Crippen molar-refractivity contribution in [3.05, 3.63) is 59.4 Å². The van der Waals surface area contributed by atoms with Crippen molar-refractivity contribution >= 4 is 27.0 Å². The summed E-state index contributed by atoms with van der Waals surface area (Å²) in [4.78, 5) is 17.5. The minimum Gasteiger partial charge on any atom is -0.350 e. The summed E-state index contributed by atoms with van der Waals surface area (Å²) in [6.07, 6.45) is 4.66. The molecule has 1 fully saturated rings. The van der Waals surface area contributed by atoms with E-state index in [2.05, 4.69) is 41.5 Å². The maximum atomic E-state index is 13.0. The number of piperidine rings is 1. The van der Waals surface area contributed by atoms with E-state index in [9.17, 15) is 13.2 Å². The van der Waals surface area contributed by atoms with Gasteiger partial charge in [0.15, 0.2) is 0 Å². The maximum Gasteiger partial charge on any atom is 0.243 e. The number of amides is 1. The number of carbonyl (C=O) groups excluding carboxylic acids is 1. The zero-order valence-electron chi connectivity index (χ0n) is 20.3. The number of rotatable bonds is 8. The number of sulfonamides is 1. The van der Waals surface area contributed by atoms with Crippen molar-refractivity contribution in [1.82, 2.24) is 19.2 Å². The first-order valence-corrected chi connectivity index (χ1v) is 13.6. The Morgan fingerprint density at radius 3 is 2.47 bits per heavy atom. The topological polar surface area (TPSA) is 84.3 Å². The number of nitrogens with one attached hydrogen (secondary N) is 1. The van der Waals surface area contributed by atoms with Crippen molar-refractivity contribution in [2.45, 2.75) is 63.3 Å². The predicted octanol–water partition coefficient (Wildman–Crippen LogP) is 4.12. The summed E-state index contributed by atoms with van der Waals surface area (Å²) >= 11 is 0. The molecule has 1 unspecified atom stereocenters. The van der Waals surface area contributed by atoms with Gasteiger partial charge in [-0.1, -0.05) is 37.6 Å². The van der Waals surface area contributed by atoms with E-state index in [1.165, 1.54) is 5.56 Å². The maximum absolute atomic E-state index is 13.0. The summed E-state index contributed by atoms with van der Waals surface area (Å²) in [5.74, 6) is 0.727. The van der Waals surface area contributed by atoms with Gasteiger partial charge in [0, 0.05) is 33.0 Å². The van der Waals surface area contributed by atoms with Gasteiger partial charge in [0.2, 0.25) is 15.9 Å². The third kappa shape index (κ3) is 5.18. The molecule has 1 aliphatic rings. The van der Waals surface area contributed by atoms with Crippen molar-refractivity contribution in [2.75, 3.05) is 13.1 Å². The molecule has 7 nitrogen and oxygen atoms in total. The molecule has 1 atom stereocenters. The van der Waals surface area contributed by atoms with Crippen LogP contribution in [-0.2, 0) is 34.7 Å². The van der Waals surface area contributed by atoms with E-state index in [0.717, 1.165) is 42.6 Å². The van der Waals surface area contributed by atoms with Crippen LogP contribution in [0.2, 0.25) is 0 Å². The fourth-order valence-corrected chi connectivity index (χ4v) is 6.07. The summed E-state index contributed by atoms with van der Waals surface area (Å²) in [5.41, 5.74) is 3.85. The standard InChI is InChI=1S/C26H34N4O3S/c1-4-20-8-10-21(11-9-20)19(2)27-26(31)15-14-25-28-23-18-22(12-13-24(23)29(25)3)34(32,33)30-16-6-5-7-17-30/h8-13,18-19H,4-7,14-17H2,1-3H3,(H,27,31). The molecule has 2 aromatic carbocycles. The van der Waals surface area contributed by atoms with Crippen LogP contribution in [0.5, 0.6) is 0 Å². The molecule has 1 aliphatic heterocycles. The fraction of sp³-hybridized carbons (Fsp3) is 0.462. The highest BCUT2D eigenvalue weighted by Gasteiger charge is 2.26. The lowest BCUT2D eigenvalue weighted by Gasteiger charge is -2.25. The van der Waals surface area contributed by atoms with E-state index >= 15 is 0 Å². The van der Waals surface area contributed by atoms with Crippen LogP contribution >= 0.6 is 0 Å². The van der Waals surface area contributed by atoms with Crippen LogP contribution in [0.15, 0.2) is 47.4 Å². The zero-order chi connectivity index (χ0) is 24.3. The van der Waals surface area contributed by atoms with E-state index in [1.54, 1.807) is 16.4 Å². The van der Waals surface area contributed by atoms with Crippen LogP contribution in [0.3, 0.4) is 0 Å². The van der Waals surface area contributed by atoms with Gasteiger partial charge < -0.3 is 9.88 Å². The molecule has 4 rings (SSSR count). The second-order valence-corrected chi connectivity index (χ2v) is 11.0. The van der Waals surface area contributed by atoms with Gasteiger partial charge in [-0.05, 0) is 55.5 Å². The molecule has 0 saturated carbocycles. The summed E-state index contributed by atoms with van der Waals surface area (Å²) in [5, 5.41) is 3.06. The Balaban J connectivity index is 1.42. The first-order valence-electron chi connectivity index (χ1n) is 12.1. The van der Waals surface area contributed by atoms with Gasteiger partial charge >= 0.3 is 0 Å². The minimum atomic E-state index is -3.51. The van der Waals surface area contributed by atoms with E-state index in [0.29, 0.717) is 31.4 Å². The van der Waals surface area contributed by atoms with Gasteiger partial charge in [0.1, 0.15) is 5.82 Å². The molecule has 1 N–H and O–H groups in total. The van der Waals surface area contributed by atoms with E-state index in [4.69, 9.17) is 0 Å². The lowest BCUT2D eigenvalue weighted by Crippen LogP contribution is -2.35. The van der Waals surface area contributed by atoms with Crippen LogP contribution in [0, 0.1) is 0 Å². The number of hydrogen-bond donors (Lipinski definition) is 1. The number of nitrogens with zero attached hydrogens (tertiary/aromatic N) is 3. The van der Waals surface area contributed by atoms with Crippen LogP contribution in [-0.4, -0.2) is 41.3 Å². The molecule has 0 aliphatic carbocycles. The summed E-state index contributed by atoms with van der Waals surface area (Å²) in [7, 11) is -1.61. The summed E-state index contributed by atoms with van der Waals surface area (Å²) < 4.78 is 29.6. The molecule has 182 valence electrons. The Kier molecular flexibility index (Phi) is 7.38. The van der Waals surface area contributed by atoms with E-state index in [1.807, 2.05) is 24.6 Å². The monoisotopic (exact) mass is 482 g/mol. The van der Waals surface area contributed by atoms with Crippen molar-refractivity contribution in [3.8, 4) is 0 Å². The zero-order valence-corrected chi connectivity index (χ0v) is 21.1. The second kappa shape index (κ2) is 10.3. The Labute approximate surface area is 202 Å². The molecule has 0 bridgehead atoms. The third-order valence-corrected chi connectivity index (χ3v) is 8.63. The largest absolute Gasteiger partial charge is 0.350 e. The highest BCUT2D eigenvalue weighted by atomic mass is 32.2. The van der Waals surface area contributed by atoms with Gasteiger partial charge in [0.05, 0.1) is 22.0 Å². The van der Waals surface area contributed by atoms with Gasteiger partial charge in [0.25, 0.3) is 0 Å². The normalized spacial score (nSPS) is 16.0. The van der Waals surface area contributed by atoms with Gasteiger partial charge in [-0.15, -0.1) is 0 Å². The molecule has 8 heteroatoms. The Hall–Kier alpha value is -2.71. The average Bonchev–Trinajstić information content (AvgIpc) is 3.18. The number of aryl methyl sites for hydroxylation is 3. The number of hydrogen-bond acceptors (Lipinski definition) is 4. The quantitative estimate of drug-likeness (QED) is 0.523. The minimum absolute atomic E-state index is 0.0347. The lowest BCUT2D eigenvalue weighted by molar-refractivity contribution is -0.121. The van der Waals surface area contributed by atoms with E-state index < -0.39 is 10.0 Å². The molecule has 0 spiro atoms. The number of imidazole rings is 1. The molecule has 1 aromatic heterocycles. The third-order valence-electron chi connectivity index (χ3n) is 6.74. The average molecular weight is 483 g/mol. The highest BCUT2D eigenvalue weighted by molar-refractivity contribution is 7.89. The number of benzene rings is 2. The fourth-order valence-electron chi connectivity index (χ4n) is 4.53. The van der Waals surface area contributed by atoms with Crippen molar-refractivity contribution < 1.29 is 13.2 Å². The number of aromatic nitrogens is 2. The Morgan fingerprint density at radius 1 is 1.09 bits per heavy atom.